The summed E-state index contributed by atoms with van der Waals surface area (Å²) in [4.78, 5) is 0. The summed E-state index contributed by atoms with van der Waals surface area (Å²) in [5.74, 6) is 1.20. The van der Waals surface area contributed by atoms with E-state index in [0.717, 1.165) is 13.2 Å². The molecule has 0 aromatic heterocycles. The molecule has 1 unspecified atom stereocenters. The van der Waals surface area contributed by atoms with Crippen LogP contribution in [0.15, 0.2) is 0 Å². The first-order valence-electron chi connectivity index (χ1n) is 4.45. The highest BCUT2D eigenvalue weighted by atomic mass is 35.5. The van der Waals surface area contributed by atoms with Crippen molar-refractivity contribution in [3.05, 3.63) is 0 Å². The lowest BCUT2D eigenvalue weighted by atomic mass is 10.2. The summed E-state index contributed by atoms with van der Waals surface area (Å²) in [6, 6.07) is 0. The van der Waals surface area contributed by atoms with Gasteiger partial charge in [0.25, 0.3) is 0 Å². The minimum atomic E-state index is 0.498. The van der Waals surface area contributed by atoms with Gasteiger partial charge in [0, 0.05) is 12.5 Å². The Balaban J connectivity index is 2.89. The molecule has 68 valence electrons. The van der Waals surface area contributed by atoms with Crippen LogP contribution in [-0.2, 0) is 4.74 Å². The Labute approximate surface area is 75.1 Å². The lowest BCUT2D eigenvalue weighted by Crippen LogP contribution is -2.07. The number of halogens is 1. The predicted molar refractivity (Wildman–Crippen MR) is 50.2 cm³/mol. The van der Waals surface area contributed by atoms with Gasteiger partial charge in [-0.15, -0.1) is 11.6 Å². The zero-order valence-electron chi connectivity index (χ0n) is 7.61. The molecule has 2 heteroatoms. The van der Waals surface area contributed by atoms with Crippen LogP contribution in [0.2, 0.25) is 0 Å². The van der Waals surface area contributed by atoms with Crippen molar-refractivity contribution >= 4 is 11.6 Å². The molecule has 0 aromatic carbocycles. The van der Waals surface area contributed by atoms with Crippen molar-refractivity contribution in [2.75, 3.05) is 19.1 Å². The van der Waals surface area contributed by atoms with E-state index in [4.69, 9.17) is 16.3 Å². The van der Waals surface area contributed by atoms with Gasteiger partial charge in [0.15, 0.2) is 0 Å². The fraction of sp³-hybridized carbons (Fsp3) is 1.00. The summed E-state index contributed by atoms with van der Waals surface area (Å²) in [6.45, 7) is 6.01. The van der Waals surface area contributed by atoms with Crippen LogP contribution in [-0.4, -0.2) is 19.1 Å². The van der Waals surface area contributed by atoms with Gasteiger partial charge in [-0.3, -0.25) is 0 Å². The molecule has 1 nitrogen and oxygen atoms in total. The van der Waals surface area contributed by atoms with Gasteiger partial charge in [0.2, 0.25) is 0 Å². The van der Waals surface area contributed by atoms with Gasteiger partial charge in [0.05, 0.1) is 6.61 Å². The molecule has 0 aliphatic rings. The Bertz CT molecular complexity index is 76.0. The van der Waals surface area contributed by atoms with Crippen LogP contribution in [0.25, 0.3) is 0 Å². The average molecular weight is 179 g/mol. The van der Waals surface area contributed by atoms with Gasteiger partial charge in [-0.25, -0.2) is 0 Å². The van der Waals surface area contributed by atoms with Gasteiger partial charge >= 0.3 is 0 Å². The smallest absolute Gasteiger partial charge is 0.0503 e. The van der Waals surface area contributed by atoms with Crippen LogP contribution in [0.3, 0.4) is 0 Å². The number of unbranched alkanes of at least 4 members (excludes halogenated alkanes) is 2. The largest absolute Gasteiger partial charge is 0.381 e. The molecule has 0 saturated heterocycles. The van der Waals surface area contributed by atoms with Crippen molar-refractivity contribution in [3.8, 4) is 0 Å². The first-order valence-corrected chi connectivity index (χ1v) is 4.98. The zero-order chi connectivity index (χ0) is 8.53. The third-order valence-electron chi connectivity index (χ3n) is 1.56. The molecule has 0 aromatic rings. The van der Waals surface area contributed by atoms with Crippen molar-refractivity contribution in [2.24, 2.45) is 5.92 Å². The monoisotopic (exact) mass is 178 g/mol. The molecule has 1 atom stereocenters. The summed E-state index contributed by atoms with van der Waals surface area (Å²) in [7, 11) is 0. The van der Waals surface area contributed by atoms with Gasteiger partial charge < -0.3 is 4.74 Å². The third kappa shape index (κ3) is 8.15. The van der Waals surface area contributed by atoms with Crippen molar-refractivity contribution < 1.29 is 4.74 Å². The van der Waals surface area contributed by atoms with Crippen LogP contribution in [0.1, 0.15) is 33.1 Å². The topological polar surface area (TPSA) is 9.23 Å². The van der Waals surface area contributed by atoms with Crippen molar-refractivity contribution in [1.82, 2.24) is 0 Å². The molecule has 0 aliphatic heterocycles. The van der Waals surface area contributed by atoms with Crippen LogP contribution < -0.4 is 0 Å². The number of alkyl halides is 1. The van der Waals surface area contributed by atoms with E-state index < -0.39 is 0 Å². The molecule has 0 rings (SSSR count). The Hall–Kier alpha value is 0.250. The number of hydrogen-bond acceptors (Lipinski definition) is 1. The molecule has 0 aliphatic carbocycles. The minimum absolute atomic E-state index is 0.498. The van der Waals surface area contributed by atoms with E-state index in [0.29, 0.717) is 11.8 Å². The molecular weight excluding hydrogens is 160 g/mol. The maximum Gasteiger partial charge on any atom is 0.0503 e. The third-order valence-corrected chi connectivity index (χ3v) is 2.08. The molecule has 0 N–H and O–H groups in total. The molecule has 0 fully saturated rings. The normalized spacial score (nSPS) is 13.4. The number of rotatable bonds is 7. The minimum Gasteiger partial charge on any atom is -0.381 e. The summed E-state index contributed by atoms with van der Waals surface area (Å²) in [5.41, 5.74) is 0. The lowest BCUT2D eigenvalue weighted by molar-refractivity contribution is 0.107. The number of ether oxygens (including phenoxy) is 1. The van der Waals surface area contributed by atoms with Crippen molar-refractivity contribution in [3.63, 3.8) is 0 Å². The van der Waals surface area contributed by atoms with Crippen LogP contribution in [0, 0.1) is 5.92 Å². The predicted octanol–water partition coefficient (Wildman–Crippen LogP) is 3.07. The molecule has 0 spiro atoms. The maximum atomic E-state index is 5.61. The van der Waals surface area contributed by atoms with E-state index in [2.05, 4.69) is 13.8 Å². The van der Waals surface area contributed by atoms with Crippen molar-refractivity contribution in [2.45, 2.75) is 33.1 Å². The average Bonchev–Trinajstić information content (AvgIpc) is 2.04. The highest BCUT2D eigenvalue weighted by Gasteiger charge is 1.98. The zero-order valence-corrected chi connectivity index (χ0v) is 8.36. The van der Waals surface area contributed by atoms with E-state index >= 15 is 0 Å². The van der Waals surface area contributed by atoms with Gasteiger partial charge in [-0.05, 0) is 12.3 Å². The molecule has 0 bridgehead atoms. The van der Waals surface area contributed by atoms with E-state index in [1.165, 1.54) is 19.3 Å². The maximum absolute atomic E-state index is 5.61. The Kier molecular flexibility index (Phi) is 8.54. The molecule has 11 heavy (non-hydrogen) atoms. The van der Waals surface area contributed by atoms with Crippen LogP contribution in [0.4, 0.5) is 0 Å². The van der Waals surface area contributed by atoms with E-state index in [1.807, 2.05) is 0 Å². The fourth-order valence-corrected chi connectivity index (χ4v) is 0.872. The second-order valence-corrected chi connectivity index (χ2v) is 3.35. The Morgan fingerprint density at radius 2 is 2.09 bits per heavy atom. The molecule has 0 heterocycles. The van der Waals surface area contributed by atoms with E-state index in [-0.39, 0.29) is 0 Å². The SMILES string of the molecule is CCCCCOCC(C)CCl. The summed E-state index contributed by atoms with van der Waals surface area (Å²) in [5, 5.41) is 0. The number of hydrogen-bond donors (Lipinski definition) is 0. The molecule has 0 amide bonds. The van der Waals surface area contributed by atoms with E-state index in [9.17, 15) is 0 Å². The van der Waals surface area contributed by atoms with Gasteiger partial charge in [-0.2, -0.15) is 0 Å². The molecule has 0 saturated carbocycles. The highest BCUT2D eigenvalue weighted by Crippen LogP contribution is 2.00. The molecular formula is C9H19ClO. The van der Waals surface area contributed by atoms with Crippen molar-refractivity contribution in [1.29, 1.82) is 0 Å². The Morgan fingerprint density at radius 3 is 2.64 bits per heavy atom. The Morgan fingerprint density at radius 1 is 1.36 bits per heavy atom. The quantitative estimate of drug-likeness (QED) is 0.430. The summed E-state index contributed by atoms with van der Waals surface area (Å²) < 4.78 is 5.40. The first kappa shape index (κ1) is 11.2. The second-order valence-electron chi connectivity index (χ2n) is 3.04. The van der Waals surface area contributed by atoms with Crippen LogP contribution in [0.5, 0.6) is 0 Å². The fourth-order valence-electron chi connectivity index (χ4n) is 0.783. The van der Waals surface area contributed by atoms with E-state index in [1.54, 1.807) is 0 Å². The van der Waals surface area contributed by atoms with Gasteiger partial charge in [-0.1, -0.05) is 26.7 Å². The standard InChI is InChI=1S/C9H19ClO/c1-3-4-5-6-11-8-9(2)7-10/h9H,3-8H2,1-2H3. The summed E-state index contributed by atoms with van der Waals surface area (Å²) >= 11 is 5.61. The van der Waals surface area contributed by atoms with Gasteiger partial charge in [0.1, 0.15) is 0 Å². The van der Waals surface area contributed by atoms with Crippen LogP contribution >= 0.6 is 11.6 Å². The summed E-state index contributed by atoms with van der Waals surface area (Å²) in [6.07, 6.45) is 3.72. The lowest BCUT2D eigenvalue weighted by Gasteiger charge is -2.07. The molecule has 0 radical (unpaired) electrons. The second kappa shape index (κ2) is 8.35. The highest BCUT2D eigenvalue weighted by molar-refractivity contribution is 6.18. The first-order chi connectivity index (χ1) is 5.31.